The Bertz CT molecular complexity index is 1110. The second kappa shape index (κ2) is 20.3. The Hall–Kier alpha value is -1.74. The summed E-state index contributed by atoms with van der Waals surface area (Å²) in [5.41, 5.74) is 1.38. The Morgan fingerprint density at radius 3 is 1.19 bits per heavy atom. The van der Waals surface area contributed by atoms with Crippen LogP contribution in [0.5, 0.6) is 0 Å². The predicted octanol–water partition coefficient (Wildman–Crippen LogP) is 10.2. The van der Waals surface area contributed by atoms with Crippen LogP contribution in [0.4, 0.5) is 0 Å². The molecule has 2 aliphatic rings. The largest absolute Gasteiger partial charge is 0.358 e. The maximum atomic E-state index is 2.55. The molecule has 0 radical (unpaired) electrons. The average Bonchev–Trinajstić information content (AvgIpc) is 3.77. The number of benzene rings is 4. The summed E-state index contributed by atoms with van der Waals surface area (Å²) in [6.45, 7) is 6.55. The summed E-state index contributed by atoms with van der Waals surface area (Å²) in [7, 11) is -0.778. The van der Waals surface area contributed by atoms with E-state index in [4.69, 9.17) is 0 Å². The summed E-state index contributed by atoms with van der Waals surface area (Å²) in [4.78, 5) is 0. The van der Waals surface area contributed by atoms with E-state index in [1.165, 1.54) is 72.6 Å². The van der Waals surface area contributed by atoms with Crippen LogP contribution in [0, 0.1) is 13.3 Å². The minimum Gasteiger partial charge on any atom is -0.358 e. The zero-order valence-corrected chi connectivity index (χ0v) is 29.1. The van der Waals surface area contributed by atoms with Crippen molar-refractivity contribution in [3.63, 3.8) is 0 Å². The van der Waals surface area contributed by atoms with Gasteiger partial charge in [0, 0.05) is 17.1 Å². The molecular formula is C39H51FeP2-. The molecule has 0 saturated heterocycles. The van der Waals surface area contributed by atoms with Crippen LogP contribution in [0.2, 0.25) is 0 Å². The molecule has 0 spiro atoms. The average molecular weight is 638 g/mol. The zero-order valence-electron chi connectivity index (χ0n) is 26.2. The predicted molar refractivity (Wildman–Crippen MR) is 190 cm³/mol. The third-order valence-electron chi connectivity index (χ3n) is 8.28. The van der Waals surface area contributed by atoms with E-state index >= 15 is 0 Å². The van der Waals surface area contributed by atoms with Gasteiger partial charge in [0.05, 0.1) is 0 Å². The van der Waals surface area contributed by atoms with Gasteiger partial charge in [0.2, 0.25) is 0 Å². The molecule has 3 atom stereocenters. The van der Waals surface area contributed by atoms with Gasteiger partial charge in [-0.15, -0.1) is 0 Å². The van der Waals surface area contributed by atoms with Gasteiger partial charge in [-0.1, -0.05) is 181 Å². The summed E-state index contributed by atoms with van der Waals surface area (Å²) in [6, 6.07) is 45.3. The topological polar surface area (TPSA) is 0 Å². The van der Waals surface area contributed by atoms with Gasteiger partial charge in [0.25, 0.3) is 0 Å². The van der Waals surface area contributed by atoms with Gasteiger partial charge in [-0.25, -0.2) is 0 Å². The van der Waals surface area contributed by atoms with Crippen LogP contribution in [0.3, 0.4) is 0 Å². The second-order valence-corrected chi connectivity index (χ2v) is 15.8. The molecule has 2 aliphatic carbocycles. The Labute approximate surface area is 271 Å². The van der Waals surface area contributed by atoms with E-state index in [2.05, 4.69) is 128 Å². The fourth-order valence-corrected chi connectivity index (χ4v) is 12.8. The molecule has 0 aliphatic heterocycles. The maximum absolute atomic E-state index is 2.55. The molecule has 2 fully saturated rings. The monoisotopic (exact) mass is 637 g/mol. The first kappa shape index (κ1) is 36.5. The maximum Gasteiger partial charge on any atom is 0 e. The third kappa shape index (κ3) is 9.90. The van der Waals surface area contributed by atoms with Crippen LogP contribution in [-0.4, -0.2) is 11.3 Å². The SMILES string of the molecule is C1CCCC1.CC.C[C@H](C1CCCC1P(c1ccccc1)c1ccccc1)P(c1ccccc1)c1ccccc1.[CH3-].[Fe]. The second-order valence-electron chi connectivity index (χ2n) is 10.8. The van der Waals surface area contributed by atoms with E-state index in [1.807, 2.05) is 13.8 Å². The van der Waals surface area contributed by atoms with E-state index < -0.39 is 7.92 Å². The van der Waals surface area contributed by atoms with E-state index in [1.54, 1.807) is 0 Å². The first-order valence-electron chi connectivity index (χ1n) is 15.6. The number of hydrogen-bond acceptors (Lipinski definition) is 0. The van der Waals surface area contributed by atoms with Crippen molar-refractivity contribution in [1.82, 2.24) is 0 Å². The van der Waals surface area contributed by atoms with E-state index in [-0.39, 0.29) is 32.4 Å². The first-order valence-corrected chi connectivity index (χ1v) is 18.4. The normalized spacial score (nSPS) is 18.0. The fourth-order valence-electron chi connectivity index (χ4n) is 6.43. The van der Waals surface area contributed by atoms with Crippen molar-refractivity contribution >= 4 is 37.1 Å². The molecule has 0 aromatic heterocycles. The molecule has 2 unspecified atom stereocenters. The van der Waals surface area contributed by atoms with Gasteiger partial charge in [-0.2, -0.15) is 0 Å². The number of rotatable bonds is 7. The fraction of sp³-hybridized carbons (Fsp3) is 0.359. The molecule has 0 N–H and O–H groups in total. The summed E-state index contributed by atoms with van der Waals surface area (Å²) < 4.78 is 0. The van der Waals surface area contributed by atoms with Crippen molar-refractivity contribution in [2.45, 2.75) is 83.5 Å². The Morgan fingerprint density at radius 2 is 0.833 bits per heavy atom. The van der Waals surface area contributed by atoms with Crippen molar-refractivity contribution in [2.24, 2.45) is 5.92 Å². The van der Waals surface area contributed by atoms with Gasteiger partial charge in [-0.3, -0.25) is 0 Å². The molecule has 2 saturated carbocycles. The van der Waals surface area contributed by atoms with Crippen molar-refractivity contribution in [1.29, 1.82) is 0 Å². The van der Waals surface area contributed by atoms with Crippen LogP contribution >= 0.6 is 15.8 Å². The van der Waals surface area contributed by atoms with Crippen LogP contribution in [-0.2, 0) is 17.1 Å². The Kier molecular flexibility index (Phi) is 17.6. The van der Waals surface area contributed by atoms with Crippen LogP contribution in [0.25, 0.3) is 0 Å². The number of hydrogen-bond donors (Lipinski definition) is 0. The summed E-state index contributed by atoms with van der Waals surface area (Å²) in [5, 5.41) is 6.10. The van der Waals surface area contributed by atoms with Crippen molar-refractivity contribution in [3.05, 3.63) is 129 Å². The minimum absolute atomic E-state index is 0. The van der Waals surface area contributed by atoms with Gasteiger partial charge in [0.15, 0.2) is 0 Å². The van der Waals surface area contributed by atoms with Crippen molar-refractivity contribution in [3.8, 4) is 0 Å². The van der Waals surface area contributed by atoms with Gasteiger partial charge in [0.1, 0.15) is 0 Å². The molecule has 0 bridgehead atoms. The Balaban J connectivity index is 0.000000612. The third-order valence-corrected chi connectivity index (χ3v) is 14.2. The molecule has 4 aromatic rings. The minimum atomic E-state index is -0.402. The van der Waals surface area contributed by atoms with Gasteiger partial charge >= 0.3 is 0 Å². The zero-order chi connectivity index (χ0) is 28.0. The molecule has 0 amide bonds. The summed E-state index contributed by atoms with van der Waals surface area (Å²) in [6.07, 6.45) is 11.5. The van der Waals surface area contributed by atoms with E-state index in [0.29, 0.717) is 5.66 Å². The molecule has 42 heavy (non-hydrogen) atoms. The van der Waals surface area contributed by atoms with Crippen LogP contribution in [0.1, 0.15) is 72.1 Å². The smallest absolute Gasteiger partial charge is 0 e. The van der Waals surface area contributed by atoms with E-state index in [0.717, 1.165) is 11.6 Å². The van der Waals surface area contributed by atoms with Gasteiger partial charge in [-0.05, 0) is 67.1 Å². The molecule has 0 heterocycles. The molecule has 4 aromatic carbocycles. The standard InChI is InChI=1S/C31H32P2.C5H10.C2H6.CH3.Fe/c1-25(32(26-15-6-2-7-16-26)27-17-8-3-9-18-27)30-23-14-24-31(30)33(28-19-10-4-11-20-28)29-21-12-5-13-22-29;1-2-4-5-3-1;1-2;;/h2-13,15-22,25,30-31H,14,23-24H2,1H3;1-5H2;1-2H3;1H3;/q;;;-1;/t25-,30?,31?;;;;/m1..../s1. The van der Waals surface area contributed by atoms with E-state index in [9.17, 15) is 0 Å². The first-order chi connectivity index (χ1) is 19.8. The summed E-state index contributed by atoms with van der Waals surface area (Å²) in [5.74, 6) is 0.739. The quantitative estimate of drug-likeness (QED) is 0.108. The molecule has 226 valence electrons. The van der Waals surface area contributed by atoms with Crippen molar-refractivity contribution in [2.75, 3.05) is 0 Å². The van der Waals surface area contributed by atoms with Crippen LogP contribution in [0.15, 0.2) is 121 Å². The van der Waals surface area contributed by atoms with Gasteiger partial charge < -0.3 is 7.43 Å². The Morgan fingerprint density at radius 1 is 0.500 bits per heavy atom. The molecular weight excluding hydrogens is 586 g/mol. The molecule has 3 heteroatoms. The van der Waals surface area contributed by atoms with Crippen LogP contribution < -0.4 is 21.2 Å². The summed E-state index contributed by atoms with van der Waals surface area (Å²) >= 11 is 0. The molecule has 6 rings (SSSR count). The van der Waals surface area contributed by atoms with Crippen molar-refractivity contribution < 1.29 is 17.1 Å². The molecule has 0 nitrogen and oxygen atoms in total.